The largest absolute Gasteiger partial charge is 0.507 e. The molecule has 1 aliphatic rings. The summed E-state index contributed by atoms with van der Waals surface area (Å²) in [5.41, 5.74) is 8.14. The van der Waals surface area contributed by atoms with Crippen LogP contribution in [0.1, 0.15) is 17.9 Å². The second-order valence-electron chi connectivity index (χ2n) is 6.63. The zero-order valence-corrected chi connectivity index (χ0v) is 15.9. The Morgan fingerprint density at radius 1 is 1.11 bits per heavy atom. The molecule has 3 aromatic rings. The van der Waals surface area contributed by atoms with E-state index in [1.165, 1.54) is 0 Å². The molecule has 0 spiro atoms. The first-order valence-corrected chi connectivity index (χ1v) is 10.1. The van der Waals surface area contributed by atoms with Gasteiger partial charge in [-0.2, -0.15) is 0 Å². The zero-order chi connectivity index (χ0) is 19.5. The first-order chi connectivity index (χ1) is 13.6. The van der Waals surface area contributed by atoms with Gasteiger partial charge >= 0.3 is 0 Å². The molecule has 0 bridgehead atoms. The van der Waals surface area contributed by atoms with Gasteiger partial charge in [0, 0.05) is 30.1 Å². The van der Waals surface area contributed by atoms with Crippen molar-refractivity contribution in [3.8, 4) is 17.0 Å². The monoisotopic (exact) mass is 394 g/mol. The SMILES string of the molecule is Nc1nnc(-c2ccccc2O)cc1C1CCN(N=[S-](=O)c2ccccc2)C1. The summed E-state index contributed by atoms with van der Waals surface area (Å²) in [7, 11) is -1.43. The summed E-state index contributed by atoms with van der Waals surface area (Å²) in [5, 5.41) is 20.1. The first-order valence-electron chi connectivity index (χ1n) is 8.97. The number of nitrogens with zero attached hydrogens (tertiary/aromatic N) is 4. The highest BCUT2D eigenvalue weighted by atomic mass is 32.2. The van der Waals surface area contributed by atoms with Gasteiger partial charge < -0.3 is 19.5 Å². The first kappa shape index (κ1) is 18.4. The predicted octanol–water partition coefficient (Wildman–Crippen LogP) is 3.34. The molecule has 144 valence electrons. The molecule has 0 saturated carbocycles. The fourth-order valence-electron chi connectivity index (χ4n) is 3.32. The Morgan fingerprint density at radius 2 is 1.86 bits per heavy atom. The lowest BCUT2D eigenvalue weighted by atomic mass is 9.97. The fourth-order valence-corrected chi connectivity index (χ4v) is 4.17. The summed E-state index contributed by atoms with van der Waals surface area (Å²) in [6.07, 6.45) is 0.825. The van der Waals surface area contributed by atoms with Gasteiger partial charge in [-0.25, -0.2) is 5.01 Å². The lowest BCUT2D eigenvalue weighted by Gasteiger charge is -2.16. The minimum Gasteiger partial charge on any atom is -0.507 e. The summed E-state index contributed by atoms with van der Waals surface area (Å²) in [4.78, 5) is 0.679. The number of aromatic hydroxyl groups is 1. The molecule has 1 aliphatic heterocycles. The minimum atomic E-state index is -1.43. The van der Waals surface area contributed by atoms with E-state index in [1.54, 1.807) is 30.3 Å². The Bertz CT molecular complexity index is 1070. The average Bonchev–Trinajstić information content (AvgIpc) is 3.18. The molecule has 28 heavy (non-hydrogen) atoms. The Hall–Kier alpha value is -2.97. The maximum Gasteiger partial charge on any atom is 0.149 e. The van der Waals surface area contributed by atoms with Crippen molar-refractivity contribution in [3.63, 3.8) is 0 Å². The quantitative estimate of drug-likeness (QED) is 0.658. The molecule has 2 aromatic carbocycles. The van der Waals surface area contributed by atoms with Crippen LogP contribution < -0.4 is 5.73 Å². The van der Waals surface area contributed by atoms with Gasteiger partial charge in [0.25, 0.3) is 0 Å². The molecule has 8 heteroatoms. The van der Waals surface area contributed by atoms with E-state index in [4.69, 9.17) is 5.73 Å². The number of benzene rings is 2. The number of nitrogens with two attached hydrogens (primary N) is 1. The standard InChI is InChI=1S/C20H20N5O2S/c21-20-17(12-18(22-23-20)16-8-4-5-9-19(16)26)14-10-11-25(13-14)24-28(27)15-6-2-1-3-7-15/h1-9,12,14,26H,10-11,13H2,(H2,21,23)/q-1. The maximum absolute atomic E-state index is 12.4. The average molecular weight is 394 g/mol. The molecule has 1 fully saturated rings. The number of hydrogen-bond acceptors (Lipinski definition) is 7. The number of aromatic nitrogens is 2. The summed E-state index contributed by atoms with van der Waals surface area (Å²) in [5.74, 6) is 0.626. The molecule has 2 heterocycles. The van der Waals surface area contributed by atoms with E-state index in [-0.39, 0.29) is 11.7 Å². The van der Waals surface area contributed by atoms with Crippen LogP contribution in [0.4, 0.5) is 5.82 Å². The van der Waals surface area contributed by atoms with E-state index in [9.17, 15) is 9.32 Å². The highest BCUT2D eigenvalue weighted by Crippen LogP contribution is 2.34. The topological polar surface area (TPSA) is 105 Å². The van der Waals surface area contributed by atoms with Gasteiger partial charge in [0.05, 0.1) is 5.69 Å². The van der Waals surface area contributed by atoms with E-state index in [0.717, 1.165) is 12.0 Å². The van der Waals surface area contributed by atoms with E-state index in [0.29, 0.717) is 35.1 Å². The minimum absolute atomic E-state index is 0.108. The van der Waals surface area contributed by atoms with Crippen LogP contribution in [0.15, 0.2) is 70.0 Å². The number of nitrogen functional groups attached to an aromatic ring is 1. The van der Waals surface area contributed by atoms with E-state index >= 15 is 0 Å². The van der Waals surface area contributed by atoms with Gasteiger partial charge in [-0.3, -0.25) is 0 Å². The predicted molar refractivity (Wildman–Crippen MR) is 108 cm³/mol. The van der Waals surface area contributed by atoms with Crippen molar-refractivity contribution in [1.82, 2.24) is 15.2 Å². The third-order valence-corrected chi connectivity index (χ3v) is 5.83. The number of hydrogen-bond donors (Lipinski definition) is 2. The van der Waals surface area contributed by atoms with Crippen molar-refractivity contribution in [3.05, 3.63) is 66.2 Å². The van der Waals surface area contributed by atoms with Gasteiger partial charge in [0.15, 0.2) is 0 Å². The van der Waals surface area contributed by atoms with Crippen molar-refractivity contribution >= 4 is 16.4 Å². The van der Waals surface area contributed by atoms with Crippen LogP contribution in [-0.4, -0.2) is 33.4 Å². The van der Waals surface area contributed by atoms with Crippen LogP contribution in [0.3, 0.4) is 0 Å². The van der Waals surface area contributed by atoms with E-state index in [1.807, 2.05) is 35.3 Å². The van der Waals surface area contributed by atoms with Crippen LogP contribution in [0.5, 0.6) is 5.75 Å². The Morgan fingerprint density at radius 3 is 2.64 bits per heavy atom. The summed E-state index contributed by atoms with van der Waals surface area (Å²) in [6.45, 7) is 1.30. The van der Waals surface area contributed by atoms with Crippen molar-refractivity contribution in [1.29, 1.82) is 0 Å². The Balaban J connectivity index is 1.57. The molecule has 1 saturated heterocycles. The second kappa shape index (κ2) is 7.95. The van der Waals surface area contributed by atoms with Gasteiger partial charge in [-0.15, -0.1) is 20.8 Å². The summed E-state index contributed by atoms with van der Waals surface area (Å²) < 4.78 is 16.8. The van der Waals surface area contributed by atoms with Gasteiger partial charge in [-0.1, -0.05) is 47.4 Å². The Kier molecular flexibility index (Phi) is 5.23. The highest BCUT2D eigenvalue weighted by Gasteiger charge is 2.26. The van der Waals surface area contributed by atoms with Gasteiger partial charge in [-0.05, 0) is 24.6 Å². The van der Waals surface area contributed by atoms with Gasteiger partial charge in [0.2, 0.25) is 0 Å². The molecule has 3 N–H and O–H groups in total. The van der Waals surface area contributed by atoms with E-state index < -0.39 is 10.6 Å². The number of para-hydroxylation sites is 1. The maximum atomic E-state index is 12.4. The molecular formula is C20H20N5O2S-. The van der Waals surface area contributed by atoms with E-state index in [2.05, 4.69) is 14.7 Å². The fraction of sp³-hybridized carbons (Fsp3) is 0.200. The van der Waals surface area contributed by atoms with Crippen molar-refractivity contribution < 1.29 is 9.32 Å². The molecule has 0 radical (unpaired) electrons. The summed E-state index contributed by atoms with van der Waals surface area (Å²) >= 11 is 0. The number of rotatable bonds is 4. The zero-order valence-electron chi connectivity index (χ0n) is 15.1. The number of anilines is 1. The van der Waals surface area contributed by atoms with Crippen LogP contribution >= 0.6 is 0 Å². The molecule has 1 atom stereocenters. The number of phenols is 1. The molecule has 0 aliphatic carbocycles. The van der Waals surface area contributed by atoms with Gasteiger partial charge in [0.1, 0.15) is 11.6 Å². The van der Waals surface area contributed by atoms with Crippen LogP contribution in [0.25, 0.3) is 11.3 Å². The molecule has 1 unspecified atom stereocenters. The van der Waals surface area contributed by atoms with Crippen molar-refractivity contribution in [2.24, 2.45) is 4.47 Å². The molecule has 0 amide bonds. The van der Waals surface area contributed by atoms with Crippen LogP contribution in [-0.2, 0) is 14.8 Å². The smallest absolute Gasteiger partial charge is 0.149 e. The normalized spacial score (nSPS) is 18.4. The van der Waals surface area contributed by atoms with Crippen molar-refractivity contribution in [2.75, 3.05) is 18.8 Å². The Labute approximate surface area is 165 Å². The van der Waals surface area contributed by atoms with Crippen LogP contribution in [0, 0.1) is 0 Å². The molecule has 4 rings (SSSR count). The molecular weight excluding hydrogens is 374 g/mol. The lowest BCUT2D eigenvalue weighted by Crippen LogP contribution is -2.14. The van der Waals surface area contributed by atoms with Crippen LogP contribution in [0.2, 0.25) is 0 Å². The number of phenolic OH excluding ortho intramolecular Hbond substituents is 1. The third kappa shape index (κ3) is 3.83. The lowest BCUT2D eigenvalue weighted by molar-refractivity contribution is 0.359. The highest BCUT2D eigenvalue weighted by molar-refractivity contribution is 7.74. The molecule has 1 aromatic heterocycles. The molecule has 7 nitrogen and oxygen atoms in total. The second-order valence-corrected chi connectivity index (χ2v) is 7.76. The third-order valence-electron chi connectivity index (χ3n) is 4.77. The summed E-state index contributed by atoms with van der Waals surface area (Å²) in [6, 6.07) is 18.1. The van der Waals surface area contributed by atoms with Crippen molar-refractivity contribution in [2.45, 2.75) is 17.2 Å².